The molecule has 1 fully saturated rings. The van der Waals surface area contributed by atoms with Crippen LogP contribution in [0, 0.1) is 4.64 Å². The molecule has 5 heteroatoms. The molecule has 1 aliphatic heterocycles. The minimum absolute atomic E-state index is 0.0932. The van der Waals surface area contributed by atoms with E-state index in [0.717, 1.165) is 5.69 Å². The lowest BCUT2D eigenvalue weighted by Crippen LogP contribution is -2.25. The molecule has 1 saturated heterocycles. The van der Waals surface area contributed by atoms with Crippen LogP contribution in [0.3, 0.4) is 0 Å². The van der Waals surface area contributed by atoms with E-state index in [0.29, 0.717) is 17.6 Å². The highest BCUT2D eigenvalue weighted by Gasteiger charge is 2.28. The Morgan fingerprint density at radius 3 is 3.00 bits per heavy atom. The fraction of sp³-hybridized carbons (Fsp3) is 0.333. The van der Waals surface area contributed by atoms with Crippen LogP contribution in [0.5, 0.6) is 0 Å². The van der Waals surface area contributed by atoms with Crippen LogP contribution in [0.15, 0.2) is 18.3 Å². The number of carbonyl (C=O) groups is 1. The van der Waals surface area contributed by atoms with E-state index in [2.05, 4.69) is 17.6 Å². The molecule has 74 valence electrons. The summed E-state index contributed by atoms with van der Waals surface area (Å²) >= 11 is 9.39. The summed E-state index contributed by atoms with van der Waals surface area (Å²) in [5, 5.41) is 0.122. The summed E-state index contributed by atoms with van der Waals surface area (Å²) < 4.78 is 0.600. The molecule has 3 nitrogen and oxygen atoms in total. The van der Waals surface area contributed by atoms with Gasteiger partial charge in [0.05, 0.1) is 5.69 Å². The summed E-state index contributed by atoms with van der Waals surface area (Å²) in [5.41, 5.74) is 0.782. The number of rotatable bonds is 1. The Balaban J connectivity index is 2.37. The van der Waals surface area contributed by atoms with Crippen molar-refractivity contribution in [2.75, 3.05) is 11.4 Å². The summed E-state index contributed by atoms with van der Waals surface area (Å²) in [5.74, 6) is 0.0932. The van der Waals surface area contributed by atoms with Crippen LogP contribution in [0.1, 0.15) is 6.42 Å². The molecule has 1 aliphatic rings. The second-order valence-corrected chi connectivity index (χ2v) is 4.39. The number of thiol groups is 1. The minimum Gasteiger partial charge on any atom is -0.351 e. The molecule has 0 spiro atoms. The van der Waals surface area contributed by atoms with Gasteiger partial charge in [-0.2, -0.15) is 12.6 Å². The third-order valence-corrected chi connectivity index (χ3v) is 2.87. The quantitative estimate of drug-likeness (QED) is 0.565. The Hall–Kier alpha value is -0.810. The Morgan fingerprint density at radius 2 is 2.43 bits per heavy atom. The van der Waals surface area contributed by atoms with Gasteiger partial charge in [-0.3, -0.25) is 4.79 Å². The van der Waals surface area contributed by atoms with Gasteiger partial charge in [-0.1, -0.05) is 12.2 Å². The summed E-state index contributed by atoms with van der Waals surface area (Å²) in [4.78, 5) is 16.2. The first-order chi connectivity index (χ1) is 6.68. The Kier molecular flexibility index (Phi) is 2.60. The van der Waals surface area contributed by atoms with E-state index in [1.165, 1.54) is 0 Å². The van der Waals surface area contributed by atoms with Crippen LogP contribution < -0.4 is 4.90 Å². The Bertz CT molecular complexity index is 415. The molecule has 1 N–H and O–H groups in total. The van der Waals surface area contributed by atoms with Gasteiger partial charge in [-0.25, -0.2) is 0 Å². The molecule has 0 saturated carbocycles. The Morgan fingerprint density at radius 1 is 1.64 bits per heavy atom. The number of carbonyl (C=O) groups excluding carboxylic acids is 1. The number of H-pyrrole nitrogens is 1. The molecule has 1 unspecified atom stereocenters. The summed E-state index contributed by atoms with van der Waals surface area (Å²) in [6, 6.07) is 3.69. The molecule has 14 heavy (non-hydrogen) atoms. The second-order valence-electron chi connectivity index (χ2n) is 3.25. The van der Waals surface area contributed by atoms with Gasteiger partial charge < -0.3 is 9.88 Å². The summed E-state index contributed by atoms with van der Waals surface area (Å²) in [7, 11) is 0. The predicted molar refractivity (Wildman–Crippen MR) is 61.4 cm³/mol. The maximum Gasteiger partial charge on any atom is 0.228 e. The van der Waals surface area contributed by atoms with Crippen molar-refractivity contribution in [2.24, 2.45) is 0 Å². The molecule has 1 atom stereocenters. The first-order valence-corrected chi connectivity index (χ1v) is 5.27. The van der Waals surface area contributed by atoms with E-state index >= 15 is 0 Å². The normalized spacial score (nSPS) is 21.6. The molecule has 0 aliphatic carbocycles. The highest BCUT2D eigenvalue weighted by atomic mass is 32.1. The number of hydrogen-bond acceptors (Lipinski definition) is 3. The van der Waals surface area contributed by atoms with Crippen molar-refractivity contribution >= 4 is 36.4 Å². The van der Waals surface area contributed by atoms with Gasteiger partial charge in [0.15, 0.2) is 0 Å². The predicted octanol–water partition coefficient (Wildman–Crippen LogP) is 1.78. The highest BCUT2D eigenvalue weighted by Crippen LogP contribution is 2.23. The fourth-order valence-corrected chi connectivity index (χ4v) is 2.11. The number of nitrogens with zero attached hydrogens (tertiary/aromatic N) is 1. The third-order valence-electron chi connectivity index (χ3n) is 2.19. The van der Waals surface area contributed by atoms with Gasteiger partial charge >= 0.3 is 0 Å². The van der Waals surface area contributed by atoms with E-state index in [1.807, 2.05) is 12.1 Å². The van der Waals surface area contributed by atoms with Crippen LogP contribution in [0.4, 0.5) is 5.69 Å². The number of nitrogens with one attached hydrogen (secondary N) is 1. The van der Waals surface area contributed by atoms with Gasteiger partial charge in [0, 0.05) is 24.4 Å². The van der Waals surface area contributed by atoms with Gasteiger partial charge in [0.2, 0.25) is 5.91 Å². The second kappa shape index (κ2) is 3.74. The van der Waals surface area contributed by atoms with Crippen molar-refractivity contribution in [1.82, 2.24) is 4.98 Å². The Labute approximate surface area is 92.5 Å². The number of aromatic amines is 1. The van der Waals surface area contributed by atoms with Crippen molar-refractivity contribution in [2.45, 2.75) is 11.7 Å². The molecule has 0 bridgehead atoms. The monoisotopic (exact) mass is 226 g/mol. The van der Waals surface area contributed by atoms with Crippen LogP contribution in [-0.4, -0.2) is 22.7 Å². The van der Waals surface area contributed by atoms with Crippen LogP contribution in [0.2, 0.25) is 0 Å². The standard InChI is InChI=1S/C9H10N2OS2/c12-8-4-6(13)5-11(8)7-2-1-3-10-9(7)14/h1-3,6,13H,4-5H2,(H,10,14). The van der Waals surface area contributed by atoms with Crippen LogP contribution in [0.25, 0.3) is 0 Å². The van der Waals surface area contributed by atoms with E-state index in [-0.39, 0.29) is 11.2 Å². The zero-order valence-corrected chi connectivity index (χ0v) is 9.15. The van der Waals surface area contributed by atoms with E-state index < -0.39 is 0 Å². The summed E-state index contributed by atoms with van der Waals surface area (Å²) in [6.07, 6.45) is 2.25. The SMILES string of the molecule is O=C1CC(S)CN1c1ccc[nH]c1=S. The maximum atomic E-state index is 11.6. The lowest BCUT2D eigenvalue weighted by molar-refractivity contribution is -0.117. The van der Waals surface area contributed by atoms with Gasteiger partial charge in [-0.15, -0.1) is 0 Å². The van der Waals surface area contributed by atoms with Crippen molar-refractivity contribution in [3.05, 3.63) is 23.0 Å². The number of aromatic nitrogens is 1. The zero-order valence-electron chi connectivity index (χ0n) is 7.43. The fourth-order valence-electron chi connectivity index (χ4n) is 1.55. The number of anilines is 1. The van der Waals surface area contributed by atoms with Crippen molar-refractivity contribution in [1.29, 1.82) is 0 Å². The van der Waals surface area contributed by atoms with Gasteiger partial charge in [-0.05, 0) is 12.1 Å². The third kappa shape index (κ3) is 1.69. The van der Waals surface area contributed by atoms with Crippen molar-refractivity contribution < 1.29 is 4.79 Å². The molecule has 2 rings (SSSR count). The average molecular weight is 226 g/mol. The molecular weight excluding hydrogens is 216 g/mol. The molecule has 0 aromatic carbocycles. The number of amides is 1. The van der Waals surface area contributed by atoms with Crippen molar-refractivity contribution in [3.8, 4) is 0 Å². The molecule has 0 radical (unpaired) electrons. The van der Waals surface area contributed by atoms with Gasteiger partial charge in [0.1, 0.15) is 4.64 Å². The van der Waals surface area contributed by atoms with E-state index in [4.69, 9.17) is 12.2 Å². The minimum atomic E-state index is 0.0932. The van der Waals surface area contributed by atoms with Crippen molar-refractivity contribution in [3.63, 3.8) is 0 Å². The highest BCUT2D eigenvalue weighted by molar-refractivity contribution is 7.81. The van der Waals surface area contributed by atoms with E-state index in [9.17, 15) is 4.79 Å². The van der Waals surface area contributed by atoms with Gasteiger partial charge in [0.25, 0.3) is 0 Å². The maximum absolute atomic E-state index is 11.6. The van der Waals surface area contributed by atoms with E-state index in [1.54, 1.807) is 11.1 Å². The first-order valence-electron chi connectivity index (χ1n) is 4.34. The number of pyridine rings is 1. The molecule has 1 aromatic rings. The topological polar surface area (TPSA) is 36.1 Å². The largest absolute Gasteiger partial charge is 0.351 e. The van der Waals surface area contributed by atoms with Crippen LogP contribution in [-0.2, 0) is 4.79 Å². The smallest absolute Gasteiger partial charge is 0.228 e. The summed E-state index contributed by atoms with van der Waals surface area (Å²) in [6.45, 7) is 0.642. The number of hydrogen-bond donors (Lipinski definition) is 2. The molecule has 1 aromatic heterocycles. The lowest BCUT2D eigenvalue weighted by Gasteiger charge is -2.15. The van der Waals surface area contributed by atoms with Crippen LogP contribution >= 0.6 is 24.8 Å². The zero-order chi connectivity index (χ0) is 10.1. The lowest BCUT2D eigenvalue weighted by atomic mass is 10.4. The molecular formula is C9H10N2OS2. The first kappa shape index (κ1) is 9.73. The average Bonchev–Trinajstić information content (AvgIpc) is 2.46. The molecule has 2 heterocycles. The molecule has 1 amide bonds.